The number of anilines is 1. The summed E-state index contributed by atoms with van der Waals surface area (Å²) in [6.07, 6.45) is 2.44. The summed E-state index contributed by atoms with van der Waals surface area (Å²) in [6, 6.07) is 15.9. The van der Waals surface area contributed by atoms with Crippen molar-refractivity contribution < 1.29 is 43.5 Å². The number of carbonyl (C=O) groups excluding carboxylic acids is 2. The van der Waals surface area contributed by atoms with Crippen LogP contribution >= 0.6 is 23.2 Å². The molecule has 4 heterocycles. The van der Waals surface area contributed by atoms with E-state index in [0.29, 0.717) is 39.5 Å². The van der Waals surface area contributed by atoms with Crippen LogP contribution in [0.5, 0.6) is 23.0 Å². The van der Waals surface area contributed by atoms with Gasteiger partial charge in [-0.25, -0.2) is 9.59 Å². The lowest BCUT2D eigenvalue weighted by Gasteiger charge is -2.44. The lowest BCUT2D eigenvalue weighted by molar-refractivity contribution is -0.605. The standard InChI is InChI=1S/C37H37Cl2N3O9/c1-48-31-11-10-25(16-33(31)49-2)32(17-26-27(38)19-41(47)20-28(26)39)50-36(45)24-8-6-22(7-9-24)18-42(29-4-3-5-30(43)35(29)44)37(46)51-34-21-40-14-12-23(34)13-15-40/h3-11,16,19-20,23,32,34,43-44H,12-15,17-18,21H2,1-2H3/t32-,34-/m0/s1. The third-order valence-electron chi connectivity index (χ3n) is 9.36. The van der Waals surface area contributed by atoms with Crippen molar-refractivity contribution in [3.05, 3.63) is 111 Å². The van der Waals surface area contributed by atoms with Crippen molar-refractivity contribution in [2.45, 2.75) is 38.0 Å². The first kappa shape index (κ1) is 35.9. The Kier molecular flexibility index (Phi) is 10.9. The van der Waals surface area contributed by atoms with Gasteiger partial charge in [0.25, 0.3) is 0 Å². The zero-order chi connectivity index (χ0) is 36.2. The van der Waals surface area contributed by atoms with Gasteiger partial charge in [-0.05, 0) is 79.4 Å². The molecule has 2 bridgehead atoms. The molecular formula is C37H37Cl2N3O9. The van der Waals surface area contributed by atoms with Crippen LogP contribution in [0, 0.1) is 11.1 Å². The molecule has 1 aromatic heterocycles. The van der Waals surface area contributed by atoms with E-state index in [1.165, 1.54) is 49.7 Å². The third kappa shape index (κ3) is 8.03. The summed E-state index contributed by atoms with van der Waals surface area (Å²) in [6.45, 7) is 2.59. The van der Waals surface area contributed by atoms with E-state index in [9.17, 15) is 25.0 Å². The number of benzene rings is 3. The first-order chi connectivity index (χ1) is 24.5. The molecule has 0 saturated carbocycles. The van der Waals surface area contributed by atoms with Gasteiger partial charge in [-0.3, -0.25) is 9.80 Å². The van der Waals surface area contributed by atoms with Gasteiger partial charge in [-0.15, -0.1) is 0 Å². The number of nitrogens with zero attached hydrogens (tertiary/aromatic N) is 3. The van der Waals surface area contributed by atoms with Crippen LogP contribution in [0.4, 0.5) is 10.5 Å². The highest BCUT2D eigenvalue weighted by atomic mass is 35.5. The molecule has 14 heteroatoms. The number of pyridine rings is 1. The Morgan fingerprint density at radius 2 is 1.67 bits per heavy atom. The average Bonchev–Trinajstić information content (AvgIpc) is 3.13. The fraction of sp³-hybridized carbons (Fsp3) is 0.324. The van der Waals surface area contributed by atoms with Crippen molar-refractivity contribution in [2.24, 2.45) is 5.92 Å². The molecule has 7 rings (SSSR count). The Morgan fingerprint density at radius 1 is 0.980 bits per heavy atom. The number of amides is 1. The third-order valence-corrected chi connectivity index (χ3v) is 10.0. The van der Waals surface area contributed by atoms with Crippen molar-refractivity contribution in [2.75, 3.05) is 38.8 Å². The number of phenolic OH excluding ortho intramolecular Hbond substituents is 2. The topological polar surface area (TPSA) is 145 Å². The maximum Gasteiger partial charge on any atom is 0.415 e. The highest BCUT2D eigenvalue weighted by molar-refractivity contribution is 6.35. The maximum atomic E-state index is 13.7. The van der Waals surface area contributed by atoms with Crippen LogP contribution in [0.3, 0.4) is 0 Å². The Bertz CT molecular complexity index is 1880. The predicted octanol–water partition coefficient (Wildman–Crippen LogP) is 6.43. The first-order valence-electron chi connectivity index (χ1n) is 16.3. The van der Waals surface area contributed by atoms with Gasteiger partial charge < -0.3 is 34.4 Å². The first-order valence-corrected chi connectivity index (χ1v) is 17.1. The second-order valence-electron chi connectivity index (χ2n) is 12.5. The largest absolute Gasteiger partial charge is 0.619 e. The number of esters is 1. The van der Waals surface area contributed by atoms with Gasteiger partial charge in [-0.1, -0.05) is 47.5 Å². The number of halogens is 2. The summed E-state index contributed by atoms with van der Waals surface area (Å²) in [7, 11) is 3.00. The van der Waals surface area contributed by atoms with Crippen molar-refractivity contribution in [1.82, 2.24) is 4.90 Å². The molecule has 2 N–H and O–H groups in total. The molecule has 0 unspecified atom stereocenters. The number of hydrogen-bond donors (Lipinski definition) is 2. The Balaban J connectivity index is 1.23. The fourth-order valence-electron chi connectivity index (χ4n) is 6.54. The molecule has 4 aromatic rings. The number of rotatable bonds is 11. The van der Waals surface area contributed by atoms with Gasteiger partial charge in [-0.2, -0.15) is 4.73 Å². The van der Waals surface area contributed by atoms with Crippen LogP contribution in [0.2, 0.25) is 10.0 Å². The van der Waals surface area contributed by atoms with Crippen LogP contribution in [0.25, 0.3) is 0 Å². The van der Waals surface area contributed by atoms with Crippen molar-refractivity contribution in [3.8, 4) is 23.0 Å². The second kappa shape index (κ2) is 15.5. The smallest absolute Gasteiger partial charge is 0.415 e. The zero-order valence-electron chi connectivity index (χ0n) is 28.0. The predicted molar refractivity (Wildman–Crippen MR) is 189 cm³/mol. The summed E-state index contributed by atoms with van der Waals surface area (Å²) in [5.74, 6) is -0.325. The van der Waals surface area contributed by atoms with Crippen LogP contribution in [0.1, 0.15) is 46.0 Å². The molecule has 0 radical (unpaired) electrons. The van der Waals surface area contributed by atoms with Gasteiger partial charge in [0.05, 0.1) is 32.0 Å². The maximum absolute atomic E-state index is 13.7. The quantitative estimate of drug-likeness (QED) is 0.0764. The monoisotopic (exact) mass is 737 g/mol. The number of aromatic nitrogens is 1. The van der Waals surface area contributed by atoms with Crippen LogP contribution in [0.15, 0.2) is 73.1 Å². The SMILES string of the molecule is COc1ccc([C@H](Cc2c(Cl)c[n+]([O-])cc2Cl)OC(=O)c2ccc(CN(C(=O)O[C@H]3CN4CCC3CC4)c3cccc(O)c3O)cc2)cc1OC. The van der Waals surface area contributed by atoms with E-state index in [0.717, 1.165) is 25.9 Å². The molecular weight excluding hydrogens is 701 g/mol. The fourth-order valence-corrected chi connectivity index (χ4v) is 7.14. The van der Waals surface area contributed by atoms with Crippen molar-refractivity contribution >= 4 is 41.0 Å². The molecule has 1 amide bonds. The minimum Gasteiger partial charge on any atom is -0.619 e. The number of ether oxygens (including phenoxy) is 4. The number of fused-ring (bicyclic) bond motifs is 3. The normalized spacial score (nSPS) is 18.5. The molecule has 268 valence electrons. The zero-order valence-corrected chi connectivity index (χ0v) is 29.5. The average molecular weight is 739 g/mol. The number of carbonyl (C=O) groups is 2. The molecule has 3 saturated heterocycles. The molecule has 3 aliphatic heterocycles. The lowest BCUT2D eigenvalue weighted by atomic mass is 9.86. The molecule has 0 aliphatic carbocycles. The highest BCUT2D eigenvalue weighted by Gasteiger charge is 2.38. The summed E-state index contributed by atoms with van der Waals surface area (Å²) in [5, 5.41) is 33.0. The molecule has 3 fully saturated rings. The Morgan fingerprint density at radius 3 is 2.29 bits per heavy atom. The molecule has 12 nitrogen and oxygen atoms in total. The van der Waals surface area contributed by atoms with Gasteiger partial charge in [0.2, 0.25) is 0 Å². The number of hydrogen-bond acceptors (Lipinski definition) is 10. The number of piperidine rings is 3. The Labute approximate surface area is 304 Å². The summed E-state index contributed by atoms with van der Waals surface area (Å²) in [4.78, 5) is 30.8. The van der Waals surface area contributed by atoms with Crippen LogP contribution in [-0.4, -0.2) is 67.1 Å². The summed E-state index contributed by atoms with van der Waals surface area (Å²) in [5.41, 5.74) is 1.89. The van der Waals surface area contributed by atoms with Crippen molar-refractivity contribution in [1.29, 1.82) is 0 Å². The molecule has 3 aliphatic rings. The van der Waals surface area contributed by atoms with E-state index in [4.69, 9.17) is 42.1 Å². The van der Waals surface area contributed by atoms with E-state index in [1.54, 1.807) is 42.5 Å². The molecule has 51 heavy (non-hydrogen) atoms. The van der Waals surface area contributed by atoms with E-state index in [-0.39, 0.29) is 52.0 Å². The van der Waals surface area contributed by atoms with E-state index >= 15 is 0 Å². The van der Waals surface area contributed by atoms with Gasteiger partial charge >= 0.3 is 12.1 Å². The molecule has 0 spiro atoms. The highest BCUT2D eigenvalue weighted by Crippen LogP contribution is 2.38. The number of phenols is 2. The van der Waals surface area contributed by atoms with Gasteiger partial charge in [0.1, 0.15) is 22.3 Å². The second-order valence-corrected chi connectivity index (χ2v) is 13.3. The number of aromatic hydroxyl groups is 2. The lowest BCUT2D eigenvalue weighted by Crippen LogP contribution is -2.53. The summed E-state index contributed by atoms with van der Waals surface area (Å²) < 4.78 is 23.3. The summed E-state index contributed by atoms with van der Waals surface area (Å²) >= 11 is 12.8. The van der Waals surface area contributed by atoms with Crippen LogP contribution in [-0.2, 0) is 22.4 Å². The molecule has 2 atom stereocenters. The minimum absolute atomic E-state index is 0.0226. The van der Waals surface area contributed by atoms with Gasteiger partial charge in [0.15, 0.2) is 35.4 Å². The van der Waals surface area contributed by atoms with E-state index < -0.39 is 23.9 Å². The van der Waals surface area contributed by atoms with Crippen LogP contribution < -0.4 is 19.1 Å². The number of para-hydroxylation sites is 1. The van der Waals surface area contributed by atoms with Gasteiger partial charge in [0, 0.05) is 18.5 Å². The Hall–Kier alpha value is -4.91. The molecule has 3 aromatic carbocycles. The van der Waals surface area contributed by atoms with Crippen molar-refractivity contribution in [3.63, 3.8) is 0 Å². The minimum atomic E-state index is -0.903. The van der Waals surface area contributed by atoms with E-state index in [2.05, 4.69) is 4.90 Å². The number of methoxy groups -OCH3 is 2. The van der Waals surface area contributed by atoms with E-state index in [1.807, 2.05) is 0 Å².